The third-order valence-corrected chi connectivity index (χ3v) is 7.55. The van der Waals surface area contributed by atoms with E-state index in [0.29, 0.717) is 35.0 Å². The molecule has 1 N–H and O–H groups in total. The van der Waals surface area contributed by atoms with Gasteiger partial charge >= 0.3 is 0 Å². The zero-order valence-corrected chi connectivity index (χ0v) is 24.5. The van der Waals surface area contributed by atoms with Gasteiger partial charge in [-0.15, -0.1) is 10.2 Å². The first kappa shape index (κ1) is 29.7. The van der Waals surface area contributed by atoms with Crippen LogP contribution >= 0.6 is 0 Å². The van der Waals surface area contributed by atoms with Gasteiger partial charge in [0, 0.05) is 12.6 Å². The van der Waals surface area contributed by atoms with E-state index in [1.54, 1.807) is 39.3 Å². The van der Waals surface area contributed by atoms with Crippen molar-refractivity contribution in [3.63, 3.8) is 0 Å². The second kappa shape index (κ2) is 13.5. The van der Waals surface area contributed by atoms with Crippen molar-refractivity contribution in [2.45, 2.75) is 57.7 Å². The van der Waals surface area contributed by atoms with Crippen LogP contribution in [-0.2, 0) is 22.6 Å². The molecule has 1 saturated carbocycles. The molecule has 2 aromatic carbocycles. The number of nitrogens with zero attached hydrogens (tertiary/aromatic N) is 5. The van der Waals surface area contributed by atoms with Gasteiger partial charge in [0.2, 0.25) is 17.6 Å². The Balaban J connectivity index is 1.45. The highest BCUT2D eigenvalue weighted by molar-refractivity contribution is 5.89. The number of tetrazole rings is 1. The summed E-state index contributed by atoms with van der Waals surface area (Å²) in [5.74, 6) is 1.34. The zero-order chi connectivity index (χ0) is 30.3. The fourth-order valence-electron chi connectivity index (χ4n) is 5.33. The van der Waals surface area contributed by atoms with Crippen molar-refractivity contribution in [1.82, 2.24) is 30.4 Å². The molecule has 0 spiro atoms. The van der Waals surface area contributed by atoms with Gasteiger partial charge in [-0.25, -0.2) is 4.39 Å². The van der Waals surface area contributed by atoms with Crippen LogP contribution in [0.25, 0.3) is 11.6 Å². The summed E-state index contributed by atoms with van der Waals surface area (Å²) >= 11 is 0. The van der Waals surface area contributed by atoms with Crippen LogP contribution in [0.3, 0.4) is 0 Å². The Morgan fingerprint density at radius 3 is 2.49 bits per heavy atom. The molecule has 1 atom stereocenters. The van der Waals surface area contributed by atoms with Crippen LogP contribution in [0.2, 0.25) is 0 Å². The number of carbonyl (C=O) groups is 2. The van der Waals surface area contributed by atoms with E-state index in [1.165, 1.54) is 34.0 Å². The lowest BCUT2D eigenvalue weighted by Crippen LogP contribution is -2.47. The third-order valence-electron chi connectivity index (χ3n) is 7.55. The van der Waals surface area contributed by atoms with Gasteiger partial charge in [-0.05, 0) is 78.9 Å². The average Bonchev–Trinajstić information content (AvgIpc) is 3.78. The molecule has 0 bridgehead atoms. The summed E-state index contributed by atoms with van der Waals surface area (Å²) in [6, 6.07) is 13.7. The highest BCUT2D eigenvalue weighted by Crippen LogP contribution is 2.29. The number of amides is 2. The summed E-state index contributed by atoms with van der Waals surface area (Å²) < 4.78 is 30.3. The van der Waals surface area contributed by atoms with Crippen LogP contribution in [0.4, 0.5) is 4.39 Å². The maximum Gasteiger partial charge on any atom is 0.247 e. The smallest absolute Gasteiger partial charge is 0.247 e. The average molecular weight is 591 g/mol. The van der Waals surface area contributed by atoms with Crippen LogP contribution in [0.1, 0.15) is 48.6 Å². The molecular weight excluding hydrogens is 555 g/mol. The third kappa shape index (κ3) is 7.19. The normalized spacial score (nSPS) is 14.0. The van der Waals surface area contributed by atoms with Gasteiger partial charge in [0.25, 0.3) is 0 Å². The Hall–Kier alpha value is -4.74. The first-order valence-corrected chi connectivity index (χ1v) is 14.3. The molecule has 5 rings (SSSR count). The Morgan fingerprint density at radius 1 is 1.07 bits per heavy atom. The maximum absolute atomic E-state index is 14.0. The van der Waals surface area contributed by atoms with Crippen molar-refractivity contribution in [1.29, 1.82) is 0 Å². The SMILES string of the molecule is COc1ccc(CCN(C(=O)Cn2nnc(-c3ccc(C)o3)n2)[C@H](C(=O)NC2CCCC2)c2ccc(F)cc2)cc1OC. The molecule has 0 saturated heterocycles. The molecule has 0 unspecified atom stereocenters. The highest BCUT2D eigenvalue weighted by Gasteiger charge is 2.33. The number of aromatic nitrogens is 4. The number of furan rings is 1. The van der Waals surface area contributed by atoms with E-state index in [1.807, 2.05) is 12.1 Å². The Labute approximate surface area is 249 Å². The topological polar surface area (TPSA) is 125 Å². The second-order valence-corrected chi connectivity index (χ2v) is 10.5. The molecule has 2 heterocycles. The molecule has 2 aromatic heterocycles. The molecule has 43 heavy (non-hydrogen) atoms. The molecule has 12 heteroatoms. The van der Waals surface area contributed by atoms with Crippen molar-refractivity contribution >= 4 is 11.8 Å². The van der Waals surface area contributed by atoms with Gasteiger partial charge in [-0.1, -0.05) is 31.0 Å². The quantitative estimate of drug-likeness (QED) is 0.260. The summed E-state index contributed by atoms with van der Waals surface area (Å²) in [6.45, 7) is 1.71. The van der Waals surface area contributed by atoms with Crippen molar-refractivity contribution in [2.24, 2.45) is 0 Å². The van der Waals surface area contributed by atoms with E-state index < -0.39 is 17.8 Å². The van der Waals surface area contributed by atoms with Crippen molar-refractivity contribution in [3.05, 3.63) is 77.3 Å². The predicted molar refractivity (Wildman–Crippen MR) is 155 cm³/mol. The molecule has 2 amide bonds. The summed E-state index contributed by atoms with van der Waals surface area (Å²) in [5.41, 5.74) is 1.37. The van der Waals surface area contributed by atoms with Crippen molar-refractivity contribution in [3.8, 4) is 23.1 Å². The minimum absolute atomic E-state index is 0.0227. The van der Waals surface area contributed by atoms with Gasteiger partial charge in [0.05, 0.1) is 14.2 Å². The molecule has 226 valence electrons. The number of halogens is 1. The molecule has 0 aliphatic heterocycles. The fourth-order valence-corrected chi connectivity index (χ4v) is 5.33. The molecule has 0 radical (unpaired) electrons. The van der Waals surface area contributed by atoms with Crippen molar-refractivity contribution < 1.29 is 27.9 Å². The lowest BCUT2D eigenvalue weighted by molar-refractivity contribution is -0.142. The van der Waals surface area contributed by atoms with E-state index in [4.69, 9.17) is 13.9 Å². The Kier molecular flexibility index (Phi) is 9.33. The largest absolute Gasteiger partial charge is 0.493 e. The number of hydrogen-bond donors (Lipinski definition) is 1. The van der Waals surface area contributed by atoms with Gasteiger partial charge in [0.1, 0.15) is 24.2 Å². The molecule has 1 aliphatic rings. The Morgan fingerprint density at radius 2 is 1.81 bits per heavy atom. The maximum atomic E-state index is 14.0. The number of methoxy groups -OCH3 is 2. The summed E-state index contributed by atoms with van der Waals surface area (Å²) in [6.07, 6.45) is 4.22. The van der Waals surface area contributed by atoms with Gasteiger partial charge < -0.3 is 24.1 Å². The predicted octanol–water partition coefficient (Wildman–Crippen LogP) is 4.27. The summed E-state index contributed by atoms with van der Waals surface area (Å²) in [4.78, 5) is 30.5. The summed E-state index contributed by atoms with van der Waals surface area (Å²) in [7, 11) is 3.11. The fraction of sp³-hybridized carbons (Fsp3) is 0.387. The van der Waals surface area contributed by atoms with E-state index >= 15 is 0 Å². The van der Waals surface area contributed by atoms with E-state index in [-0.39, 0.29) is 30.9 Å². The summed E-state index contributed by atoms with van der Waals surface area (Å²) in [5, 5.41) is 15.5. The van der Waals surface area contributed by atoms with Crippen LogP contribution in [-0.4, -0.2) is 63.7 Å². The van der Waals surface area contributed by atoms with E-state index in [9.17, 15) is 14.0 Å². The first-order chi connectivity index (χ1) is 20.8. The zero-order valence-electron chi connectivity index (χ0n) is 24.5. The first-order valence-electron chi connectivity index (χ1n) is 14.3. The number of rotatable bonds is 12. The lowest BCUT2D eigenvalue weighted by atomic mass is 10.0. The number of hydrogen-bond acceptors (Lipinski definition) is 8. The lowest BCUT2D eigenvalue weighted by Gasteiger charge is -2.32. The molecule has 1 fully saturated rings. The van der Waals surface area contributed by atoms with E-state index in [0.717, 1.165) is 31.2 Å². The van der Waals surface area contributed by atoms with E-state index in [2.05, 4.69) is 20.7 Å². The number of nitrogens with one attached hydrogen (secondary N) is 1. The minimum atomic E-state index is -1.01. The van der Waals surface area contributed by atoms with Crippen molar-refractivity contribution in [2.75, 3.05) is 20.8 Å². The number of ether oxygens (including phenoxy) is 2. The second-order valence-electron chi connectivity index (χ2n) is 10.5. The molecule has 4 aromatic rings. The number of carbonyl (C=O) groups excluding carboxylic acids is 2. The van der Waals surface area contributed by atoms with Crippen LogP contribution in [0, 0.1) is 12.7 Å². The number of aryl methyl sites for hydroxylation is 1. The number of benzene rings is 2. The molecular formula is C31H35FN6O5. The highest BCUT2D eigenvalue weighted by atomic mass is 19.1. The standard InChI is InChI=1S/C31H35FN6O5/c1-20-8-14-26(43-20)30-34-36-38(35-30)19-28(39)37(17-16-21-9-15-25(41-2)27(18-21)42-3)29(22-10-12-23(32)13-11-22)31(40)33-24-6-4-5-7-24/h8-15,18,24,29H,4-7,16-17,19H2,1-3H3,(H,33,40)/t29-/m0/s1. The van der Waals surface area contributed by atoms with Crippen LogP contribution < -0.4 is 14.8 Å². The van der Waals surface area contributed by atoms with Gasteiger partial charge in [-0.3, -0.25) is 9.59 Å². The van der Waals surface area contributed by atoms with Crippen LogP contribution in [0.15, 0.2) is 59.0 Å². The van der Waals surface area contributed by atoms with Gasteiger partial charge in [0.15, 0.2) is 17.3 Å². The monoisotopic (exact) mass is 590 g/mol. The molecule has 1 aliphatic carbocycles. The van der Waals surface area contributed by atoms with Crippen LogP contribution in [0.5, 0.6) is 11.5 Å². The Bertz CT molecular complexity index is 1550. The molecule has 11 nitrogen and oxygen atoms in total. The van der Waals surface area contributed by atoms with Gasteiger partial charge in [-0.2, -0.15) is 4.80 Å². The minimum Gasteiger partial charge on any atom is -0.493 e.